The van der Waals surface area contributed by atoms with Gasteiger partial charge in [-0.05, 0) is 37.1 Å². The van der Waals surface area contributed by atoms with Crippen LogP contribution >= 0.6 is 11.8 Å². The van der Waals surface area contributed by atoms with Crippen molar-refractivity contribution in [1.29, 1.82) is 0 Å². The highest BCUT2D eigenvalue weighted by molar-refractivity contribution is 8.00. The summed E-state index contributed by atoms with van der Waals surface area (Å²) in [5, 5.41) is 9.97. The first-order valence-electron chi connectivity index (χ1n) is 9.52. The number of aliphatic hydroxyl groups excluding tert-OH is 1. The Kier molecular flexibility index (Phi) is 5.21. The summed E-state index contributed by atoms with van der Waals surface area (Å²) in [4.78, 5) is 11.3. The first-order chi connectivity index (χ1) is 13.4. The number of benzene rings is 2. The molecule has 0 spiro atoms. The molecule has 0 aromatic heterocycles. The van der Waals surface area contributed by atoms with Crippen molar-refractivity contribution in [2.24, 2.45) is 0 Å². The van der Waals surface area contributed by atoms with Crippen molar-refractivity contribution in [3.63, 3.8) is 0 Å². The van der Waals surface area contributed by atoms with E-state index in [1.165, 1.54) is 5.56 Å². The molecule has 4 rings (SSSR count). The third-order valence-corrected chi connectivity index (χ3v) is 6.30. The zero-order chi connectivity index (χ0) is 19.7. The Morgan fingerprint density at radius 3 is 2.68 bits per heavy atom. The van der Waals surface area contributed by atoms with Crippen molar-refractivity contribution in [3.8, 4) is 5.75 Å². The van der Waals surface area contributed by atoms with E-state index in [4.69, 9.17) is 9.47 Å². The Labute approximate surface area is 169 Å². The van der Waals surface area contributed by atoms with Crippen molar-refractivity contribution in [2.75, 3.05) is 0 Å². The van der Waals surface area contributed by atoms with E-state index in [9.17, 15) is 9.90 Å². The number of rotatable bonds is 3. The Morgan fingerprint density at radius 2 is 1.93 bits per heavy atom. The fourth-order valence-electron chi connectivity index (χ4n) is 3.71. The second-order valence-electron chi connectivity index (χ2n) is 7.65. The van der Waals surface area contributed by atoms with Gasteiger partial charge in [0.1, 0.15) is 16.8 Å². The predicted octanol–water partition coefficient (Wildman–Crippen LogP) is 4.72. The lowest BCUT2D eigenvalue weighted by Crippen LogP contribution is -2.31. The van der Waals surface area contributed by atoms with Crippen LogP contribution in [0.15, 0.2) is 54.6 Å². The van der Waals surface area contributed by atoms with Gasteiger partial charge in [0.05, 0.1) is 17.8 Å². The van der Waals surface area contributed by atoms with E-state index in [1.54, 1.807) is 11.8 Å². The third kappa shape index (κ3) is 4.10. The topological polar surface area (TPSA) is 55.8 Å². The normalized spacial score (nSPS) is 26.4. The maximum Gasteiger partial charge on any atom is 0.309 e. The molecule has 4 nitrogen and oxygen atoms in total. The smallest absolute Gasteiger partial charge is 0.309 e. The quantitative estimate of drug-likeness (QED) is 0.761. The van der Waals surface area contributed by atoms with E-state index >= 15 is 0 Å². The van der Waals surface area contributed by atoms with Crippen LogP contribution in [-0.2, 0) is 9.53 Å². The zero-order valence-electron chi connectivity index (χ0n) is 16.0. The number of aliphatic hydroxyl groups is 1. The average Bonchev–Trinajstić information content (AvgIpc) is 2.64. The van der Waals surface area contributed by atoms with Crippen LogP contribution in [0.3, 0.4) is 0 Å². The first-order valence-corrected chi connectivity index (χ1v) is 10.4. The molecule has 0 amide bonds. The number of hydrogen-bond donors (Lipinski definition) is 1. The third-order valence-electron chi connectivity index (χ3n) is 4.90. The van der Waals surface area contributed by atoms with Gasteiger partial charge in [0.15, 0.2) is 0 Å². The number of esters is 1. The van der Waals surface area contributed by atoms with Crippen LogP contribution in [-0.4, -0.2) is 28.2 Å². The van der Waals surface area contributed by atoms with Gasteiger partial charge in [-0.3, -0.25) is 4.79 Å². The molecule has 0 saturated carbocycles. The van der Waals surface area contributed by atoms with Gasteiger partial charge < -0.3 is 14.6 Å². The number of thioether (sulfide) groups is 1. The second-order valence-corrected chi connectivity index (χ2v) is 9.34. The highest BCUT2D eigenvalue weighted by Crippen LogP contribution is 2.52. The number of hydrogen-bond acceptors (Lipinski definition) is 5. The first kappa shape index (κ1) is 19.1. The zero-order valence-corrected chi connectivity index (χ0v) is 16.8. The fourth-order valence-corrected chi connectivity index (χ4v) is 5.08. The van der Waals surface area contributed by atoms with Crippen LogP contribution in [0, 0.1) is 0 Å². The van der Waals surface area contributed by atoms with Crippen LogP contribution < -0.4 is 4.74 Å². The SMILES string of the molecule is CC1(C)Oc2cccc(/C=C/[C@@H]3C[C@@H](O)CC(=O)O3)c2C(c2ccccc2)S1. The molecule has 2 aromatic rings. The van der Waals surface area contributed by atoms with Crippen LogP contribution in [0.5, 0.6) is 5.75 Å². The molecule has 1 N–H and O–H groups in total. The molecule has 1 saturated heterocycles. The summed E-state index contributed by atoms with van der Waals surface area (Å²) in [6.07, 6.45) is 3.29. The van der Waals surface area contributed by atoms with E-state index in [0.717, 1.165) is 16.9 Å². The summed E-state index contributed by atoms with van der Waals surface area (Å²) in [5.74, 6) is 0.520. The lowest BCUT2D eigenvalue weighted by molar-refractivity contribution is -0.156. The van der Waals surface area contributed by atoms with Gasteiger partial charge in [0.2, 0.25) is 0 Å². The van der Waals surface area contributed by atoms with Gasteiger partial charge in [-0.15, -0.1) is 11.8 Å². The van der Waals surface area contributed by atoms with Crippen LogP contribution in [0.2, 0.25) is 0 Å². The standard InChI is InChI=1S/C23H24O4S/c1-23(2)27-19-10-6-9-15(11-12-18-13-17(24)14-20(25)26-18)21(19)22(28-23)16-7-4-3-5-8-16/h3-12,17-18,22,24H,13-14H2,1-2H3/b12-11+/t17-,18-,22?/m1/s1. The van der Waals surface area contributed by atoms with Gasteiger partial charge in [0, 0.05) is 12.0 Å². The van der Waals surface area contributed by atoms with Crippen LogP contribution in [0.1, 0.15) is 48.6 Å². The molecule has 146 valence electrons. The van der Waals surface area contributed by atoms with Gasteiger partial charge in [-0.25, -0.2) is 0 Å². The molecule has 2 aromatic carbocycles. The highest BCUT2D eigenvalue weighted by Gasteiger charge is 2.36. The van der Waals surface area contributed by atoms with Crippen molar-refractivity contribution < 1.29 is 19.4 Å². The molecule has 0 aliphatic carbocycles. The molecule has 2 aliphatic rings. The van der Waals surface area contributed by atoms with Crippen LogP contribution in [0.25, 0.3) is 6.08 Å². The van der Waals surface area contributed by atoms with E-state index in [2.05, 4.69) is 44.2 Å². The Balaban J connectivity index is 1.71. The van der Waals surface area contributed by atoms with E-state index in [-0.39, 0.29) is 22.6 Å². The number of carbonyl (C=O) groups excluding carboxylic acids is 1. The minimum Gasteiger partial charge on any atom is -0.477 e. The Bertz CT molecular complexity index is 891. The molecule has 2 heterocycles. The number of ether oxygens (including phenoxy) is 2. The number of carbonyl (C=O) groups is 1. The fraction of sp³-hybridized carbons (Fsp3) is 0.348. The molecule has 1 unspecified atom stereocenters. The van der Waals surface area contributed by atoms with E-state index in [1.807, 2.05) is 30.4 Å². The number of cyclic esters (lactones) is 1. The molecular weight excluding hydrogens is 372 g/mol. The number of fused-ring (bicyclic) bond motifs is 1. The van der Waals surface area contributed by atoms with Gasteiger partial charge in [0.25, 0.3) is 0 Å². The highest BCUT2D eigenvalue weighted by atomic mass is 32.2. The Hall–Kier alpha value is -2.24. The summed E-state index contributed by atoms with van der Waals surface area (Å²) in [6, 6.07) is 16.5. The van der Waals surface area contributed by atoms with Crippen molar-refractivity contribution in [1.82, 2.24) is 0 Å². The van der Waals surface area contributed by atoms with Crippen molar-refractivity contribution in [3.05, 3.63) is 71.3 Å². The van der Waals surface area contributed by atoms with Gasteiger partial charge >= 0.3 is 5.97 Å². The molecule has 1 fully saturated rings. The molecule has 0 bridgehead atoms. The van der Waals surface area contributed by atoms with Crippen molar-refractivity contribution >= 4 is 23.8 Å². The maximum atomic E-state index is 11.6. The molecule has 2 aliphatic heterocycles. The van der Waals surface area contributed by atoms with Crippen LogP contribution in [0.4, 0.5) is 0 Å². The minimum atomic E-state index is -0.641. The lowest BCUT2D eigenvalue weighted by atomic mass is 9.96. The molecule has 3 atom stereocenters. The summed E-state index contributed by atoms with van der Waals surface area (Å²) in [7, 11) is 0. The molecule has 5 heteroatoms. The monoisotopic (exact) mass is 396 g/mol. The van der Waals surface area contributed by atoms with Gasteiger partial charge in [-0.1, -0.05) is 48.5 Å². The van der Waals surface area contributed by atoms with Crippen molar-refractivity contribution in [2.45, 2.75) is 49.1 Å². The lowest BCUT2D eigenvalue weighted by Gasteiger charge is -2.38. The average molecular weight is 397 g/mol. The molecule has 0 radical (unpaired) electrons. The van der Waals surface area contributed by atoms with Gasteiger partial charge in [-0.2, -0.15) is 0 Å². The summed E-state index contributed by atoms with van der Waals surface area (Å²) < 4.78 is 11.6. The predicted molar refractivity (Wildman–Crippen MR) is 111 cm³/mol. The van der Waals surface area contributed by atoms with E-state index in [0.29, 0.717) is 6.42 Å². The summed E-state index contributed by atoms with van der Waals surface area (Å²) >= 11 is 1.78. The second kappa shape index (κ2) is 7.64. The molecule has 28 heavy (non-hydrogen) atoms. The molecular formula is C23H24O4S. The maximum absolute atomic E-state index is 11.6. The minimum absolute atomic E-state index is 0.0702. The largest absolute Gasteiger partial charge is 0.477 e. The van der Waals surface area contributed by atoms with E-state index < -0.39 is 12.2 Å². The summed E-state index contributed by atoms with van der Waals surface area (Å²) in [6.45, 7) is 4.17. The summed E-state index contributed by atoms with van der Waals surface area (Å²) in [5.41, 5.74) is 3.38. The Morgan fingerprint density at radius 1 is 1.14 bits per heavy atom.